The van der Waals surface area contributed by atoms with Gasteiger partial charge in [0.25, 0.3) is 5.91 Å². The summed E-state index contributed by atoms with van der Waals surface area (Å²) in [6.07, 6.45) is 0. The third-order valence-corrected chi connectivity index (χ3v) is 7.42. The van der Waals surface area contributed by atoms with Crippen molar-refractivity contribution in [2.24, 2.45) is 16.5 Å². The van der Waals surface area contributed by atoms with Gasteiger partial charge in [-0.05, 0) is 45.5 Å². The molecule has 2 heterocycles. The molecule has 0 bridgehead atoms. The van der Waals surface area contributed by atoms with Crippen LogP contribution in [0, 0.1) is 0 Å². The molecular formula is C15H11N3OS3. The van der Waals surface area contributed by atoms with Gasteiger partial charge >= 0.3 is 0 Å². The minimum atomic E-state index is -0.408. The summed E-state index contributed by atoms with van der Waals surface area (Å²) in [5.74, 6) is -0.625. The Bertz CT molecular complexity index is 841. The third kappa shape index (κ3) is 1.86. The van der Waals surface area contributed by atoms with Gasteiger partial charge < -0.3 is 11.5 Å². The molecule has 2 aliphatic rings. The number of carbonyl (C=O) groups excluding carboxylic acids is 1. The van der Waals surface area contributed by atoms with Crippen LogP contribution in [-0.4, -0.2) is 11.9 Å². The quantitative estimate of drug-likeness (QED) is 0.612. The van der Waals surface area contributed by atoms with Crippen LogP contribution in [0.5, 0.6) is 0 Å². The zero-order chi connectivity index (χ0) is 15.3. The Morgan fingerprint density at radius 1 is 1.09 bits per heavy atom. The summed E-state index contributed by atoms with van der Waals surface area (Å²) in [6, 6.07) is 7.87. The van der Waals surface area contributed by atoms with Crippen molar-refractivity contribution in [2.45, 2.75) is 4.08 Å². The van der Waals surface area contributed by atoms with Gasteiger partial charge in [-0.15, -0.1) is 34.9 Å². The molecule has 4 nitrogen and oxygen atoms in total. The van der Waals surface area contributed by atoms with Crippen molar-refractivity contribution in [3.05, 3.63) is 57.2 Å². The van der Waals surface area contributed by atoms with Crippen LogP contribution >= 0.6 is 34.9 Å². The van der Waals surface area contributed by atoms with E-state index in [0.717, 1.165) is 5.56 Å². The van der Waals surface area contributed by atoms with Crippen LogP contribution in [0.2, 0.25) is 0 Å². The number of nitrogens with two attached hydrogens (primary N) is 2. The molecule has 0 atom stereocenters. The van der Waals surface area contributed by atoms with Crippen LogP contribution in [0.4, 0.5) is 0 Å². The highest BCUT2D eigenvalue weighted by molar-refractivity contribution is 8.23. The second kappa shape index (κ2) is 4.91. The van der Waals surface area contributed by atoms with Crippen LogP contribution in [-0.2, 0) is 4.08 Å². The number of carbonyl (C=O) groups is 1. The van der Waals surface area contributed by atoms with Crippen molar-refractivity contribution in [1.29, 1.82) is 0 Å². The van der Waals surface area contributed by atoms with E-state index in [9.17, 15) is 4.79 Å². The van der Waals surface area contributed by atoms with Crippen molar-refractivity contribution in [1.82, 2.24) is 0 Å². The van der Waals surface area contributed by atoms with E-state index in [1.165, 1.54) is 16.0 Å². The molecule has 1 aromatic heterocycles. The predicted molar refractivity (Wildman–Crippen MR) is 95.0 cm³/mol. The Kier molecular flexibility index (Phi) is 3.11. The van der Waals surface area contributed by atoms with Crippen molar-refractivity contribution in [3.8, 4) is 10.4 Å². The standard InChI is InChI=1S/C15H11N3OS3/c16-14(17)18-13(19)8-1-2-9-11(7-8)15(21-5-6-22-15)10-3-4-20-12(9)10/h1-7H,(H4,16,17,18,19). The molecule has 110 valence electrons. The van der Waals surface area contributed by atoms with Gasteiger partial charge in [0.15, 0.2) is 5.96 Å². The number of thiophene rings is 1. The normalized spacial score (nSPS) is 16.5. The topological polar surface area (TPSA) is 81.5 Å². The fourth-order valence-electron chi connectivity index (χ4n) is 2.78. The molecule has 1 spiro atoms. The molecule has 4 rings (SSSR count). The molecule has 4 N–H and O–H groups in total. The molecule has 1 aliphatic heterocycles. The summed E-state index contributed by atoms with van der Waals surface area (Å²) in [6.45, 7) is 0. The van der Waals surface area contributed by atoms with E-state index >= 15 is 0 Å². The molecule has 0 radical (unpaired) electrons. The summed E-state index contributed by atoms with van der Waals surface area (Å²) in [4.78, 5) is 17.0. The van der Waals surface area contributed by atoms with E-state index in [1.807, 2.05) is 12.1 Å². The number of thioether (sulfide) groups is 2. The maximum atomic E-state index is 12.1. The van der Waals surface area contributed by atoms with Gasteiger partial charge in [-0.1, -0.05) is 6.07 Å². The second-order valence-corrected chi connectivity index (χ2v) is 8.31. The van der Waals surface area contributed by atoms with Gasteiger partial charge in [-0.25, -0.2) is 0 Å². The lowest BCUT2D eigenvalue weighted by Gasteiger charge is -2.23. The monoisotopic (exact) mass is 345 g/mol. The molecule has 0 saturated carbocycles. The fourth-order valence-corrected chi connectivity index (χ4v) is 6.47. The van der Waals surface area contributed by atoms with E-state index in [1.54, 1.807) is 40.9 Å². The largest absolute Gasteiger partial charge is 0.370 e. The van der Waals surface area contributed by atoms with Gasteiger partial charge in [-0.3, -0.25) is 4.79 Å². The van der Waals surface area contributed by atoms with Gasteiger partial charge in [-0.2, -0.15) is 4.99 Å². The van der Waals surface area contributed by atoms with Crippen LogP contribution in [0.25, 0.3) is 10.4 Å². The number of rotatable bonds is 1. The molecule has 1 aliphatic carbocycles. The van der Waals surface area contributed by atoms with Gasteiger partial charge in [0.05, 0.1) is 0 Å². The van der Waals surface area contributed by atoms with Gasteiger partial charge in [0.2, 0.25) is 0 Å². The molecule has 0 unspecified atom stereocenters. The maximum Gasteiger partial charge on any atom is 0.280 e. The van der Waals surface area contributed by atoms with E-state index in [4.69, 9.17) is 11.5 Å². The zero-order valence-corrected chi connectivity index (χ0v) is 13.7. The zero-order valence-electron chi connectivity index (χ0n) is 11.3. The highest BCUT2D eigenvalue weighted by Crippen LogP contribution is 2.65. The molecular weight excluding hydrogens is 334 g/mol. The number of hydrogen-bond donors (Lipinski definition) is 2. The first-order valence-electron chi connectivity index (χ1n) is 6.49. The first-order valence-corrected chi connectivity index (χ1v) is 9.13. The predicted octanol–water partition coefficient (Wildman–Crippen LogP) is 3.29. The fraction of sp³-hybridized carbons (Fsp3) is 0.0667. The minimum absolute atomic E-state index is 0.182. The summed E-state index contributed by atoms with van der Waals surface area (Å²) in [5.41, 5.74) is 14.8. The molecule has 0 saturated heterocycles. The third-order valence-electron chi connectivity index (χ3n) is 3.64. The molecule has 1 aromatic carbocycles. The van der Waals surface area contributed by atoms with E-state index in [2.05, 4.69) is 27.3 Å². The number of nitrogens with zero attached hydrogens (tertiary/aromatic N) is 1. The van der Waals surface area contributed by atoms with Crippen LogP contribution < -0.4 is 11.5 Å². The van der Waals surface area contributed by atoms with Crippen LogP contribution in [0.3, 0.4) is 0 Å². The van der Waals surface area contributed by atoms with E-state index in [-0.39, 0.29) is 10.0 Å². The number of benzene rings is 1. The van der Waals surface area contributed by atoms with Crippen LogP contribution in [0.1, 0.15) is 21.5 Å². The molecule has 7 heteroatoms. The molecule has 2 aromatic rings. The summed E-state index contributed by atoms with van der Waals surface area (Å²) in [5, 5.41) is 6.32. The number of hydrogen-bond acceptors (Lipinski definition) is 4. The average molecular weight is 345 g/mol. The Labute approximate surface area is 139 Å². The Morgan fingerprint density at radius 3 is 2.59 bits per heavy atom. The van der Waals surface area contributed by atoms with Gasteiger partial charge in [0, 0.05) is 16.0 Å². The Morgan fingerprint density at radius 2 is 1.86 bits per heavy atom. The smallest absolute Gasteiger partial charge is 0.280 e. The molecule has 0 fully saturated rings. The SMILES string of the molecule is NC(N)=NC(=O)c1ccc2c(c1)C1(SC=CS1)c1ccsc1-2. The minimum Gasteiger partial charge on any atom is -0.370 e. The van der Waals surface area contributed by atoms with E-state index < -0.39 is 5.91 Å². The van der Waals surface area contributed by atoms with Crippen molar-refractivity contribution >= 4 is 46.7 Å². The first-order chi connectivity index (χ1) is 10.6. The van der Waals surface area contributed by atoms with Crippen LogP contribution in [0.15, 0.2) is 45.5 Å². The molecule has 22 heavy (non-hydrogen) atoms. The first kappa shape index (κ1) is 13.9. The summed E-state index contributed by atoms with van der Waals surface area (Å²) < 4.78 is -0.182. The number of aliphatic imine (C=N–C) groups is 1. The highest BCUT2D eigenvalue weighted by Gasteiger charge is 2.46. The Hall–Kier alpha value is -1.70. The highest BCUT2D eigenvalue weighted by atomic mass is 32.2. The molecule has 1 amide bonds. The summed E-state index contributed by atoms with van der Waals surface area (Å²) >= 11 is 5.27. The number of fused-ring (bicyclic) bond motifs is 5. The lowest BCUT2D eigenvalue weighted by atomic mass is 10.0. The number of guanidine groups is 1. The summed E-state index contributed by atoms with van der Waals surface area (Å²) in [7, 11) is 0. The average Bonchev–Trinajstić information content (AvgIpc) is 3.19. The lowest BCUT2D eigenvalue weighted by Crippen LogP contribution is -2.24. The maximum absolute atomic E-state index is 12.1. The van der Waals surface area contributed by atoms with Crippen molar-refractivity contribution in [3.63, 3.8) is 0 Å². The van der Waals surface area contributed by atoms with E-state index in [0.29, 0.717) is 5.56 Å². The van der Waals surface area contributed by atoms with Gasteiger partial charge in [0.1, 0.15) is 4.08 Å². The Balaban J connectivity index is 1.88. The lowest BCUT2D eigenvalue weighted by molar-refractivity contribution is 0.100. The number of amides is 1. The second-order valence-electron chi connectivity index (χ2n) is 4.89. The van der Waals surface area contributed by atoms with Crippen molar-refractivity contribution in [2.75, 3.05) is 0 Å². The van der Waals surface area contributed by atoms with Crippen molar-refractivity contribution < 1.29 is 4.79 Å².